The molecule has 7 nitrogen and oxygen atoms in total. The molecule has 1 amide bonds. The predicted octanol–water partition coefficient (Wildman–Crippen LogP) is 5.03. The maximum atomic E-state index is 12.9. The lowest BCUT2D eigenvalue weighted by molar-refractivity contribution is -0.121. The van der Waals surface area contributed by atoms with E-state index >= 15 is 0 Å². The average Bonchev–Trinajstić information content (AvgIpc) is 3.22. The van der Waals surface area contributed by atoms with E-state index in [9.17, 15) is 4.79 Å². The highest BCUT2D eigenvalue weighted by molar-refractivity contribution is 6.30. The Hall–Kier alpha value is -2.90. The third kappa shape index (κ3) is 5.87. The van der Waals surface area contributed by atoms with Crippen molar-refractivity contribution in [1.82, 2.24) is 15.0 Å². The molecule has 1 unspecified atom stereocenters. The number of anilines is 1. The molecule has 1 aliphatic rings. The number of hydrogen-bond donors (Lipinski definition) is 1. The van der Waals surface area contributed by atoms with E-state index in [1.165, 1.54) is 0 Å². The second-order valence-electron chi connectivity index (χ2n) is 8.28. The zero-order chi connectivity index (χ0) is 22.5. The maximum absolute atomic E-state index is 12.9. The molecule has 3 aromatic rings. The monoisotopic (exact) mass is 454 g/mol. The summed E-state index contributed by atoms with van der Waals surface area (Å²) in [4.78, 5) is 19.6. The van der Waals surface area contributed by atoms with Gasteiger partial charge in [0.05, 0.1) is 18.6 Å². The molecule has 0 saturated carbocycles. The van der Waals surface area contributed by atoms with Crippen molar-refractivity contribution in [3.8, 4) is 17.1 Å². The largest absolute Gasteiger partial charge is 0.491 e. The minimum absolute atomic E-state index is 0.0174. The first-order valence-electron chi connectivity index (χ1n) is 10.8. The molecule has 1 atom stereocenters. The molecule has 1 aliphatic heterocycles. The van der Waals surface area contributed by atoms with E-state index in [1.54, 1.807) is 12.1 Å². The van der Waals surface area contributed by atoms with Crippen LogP contribution in [0.2, 0.25) is 5.02 Å². The van der Waals surface area contributed by atoms with Crippen LogP contribution in [0.4, 0.5) is 5.69 Å². The first kappa shape index (κ1) is 22.3. The van der Waals surface area contributed by atoms with Crippen molar-refractivity contribution in [2.75, 3.05) is 18.4 Å². The van der Waals surface area contributed by atoms with Gasteiger partial charge < -0.3 is 14.6 Å². The highest BCUT2D eigenvalue weighted by Crippen LogP contribution is 2.24. The number of carbonyl (C=O) groups excluding carboxylic acids is 1. The van der Waals surface area contributed by atoms with Gasteiger partial charge in [-0.25, -0.2) is 0 Å². The number of rotatable bonds is 7. The summed E-state index contributed by atoms with van der Waals surface area (Å²) in [6.07, 6.45) is 1.87. The van der Waals surface area contributed by atoms with Crippen LogP contribution in [0.15, 0.2) is 53.1 Å². The first-order chi connectivity index (χ1) is 15.5. The van der Waals surface area contributed by atoms with Gasteiger partial charge in [-0.15, -0.1) is 0 Å². The van der Waals surface area contributed by atoms with Crippen molar-refractivity contribution in [3.63, 3.8) is 0 Å². The van der Waals surface area contributed by atoms with Crippen molar-refractivity contribution >= 4 is 23.2 Å². The Morgan fingerprint density at radius 1 is 1.28 bits per heavy atom. The second kappa shape index (κ2) is 10.1. The fourth-order valence-corrected chi connectivity index (χ4v) is 3.93. The molecule has 168 valence electrons. The van der Waals surface area contributed by atoms with Gasteiger partial charge >= 0.3 is 0 Å². The summed E-state index contributed by atoms with van der Waals surface area (Å²) in [5.74, 6) is 1.73. The van der Waals surface area contributed by atoms with Crippen molar-refractivity contribution in [3.05, 3.63) is 59.4 Å². The fraction of sp³-hybridized carbons (Fsp3) is 0.375. The molecule has 32 heavy (non-hydrogen) atoms. The third-order valence-electron chi connectivity index (χ3n) is 5.28. The van der Waals surface area contributed by atoms with Gasteiger partial charge in [0, 0.05) is 28.9 Å². The van der Waals surface area contributed by atoms with Crippen LogP contribution >= 0.6 is 11.6 Å². The summed E-state index contributed by atoms with van der Waals surface area (Å²) in [7, 11) is 0. The summed E-state index contributed by atoms with van der Waals surface area (Å²) in [6.45, 7) is 6.00. The molecule has 8 heteroatoms. The molecule has 1 fully saturated rings. The minimum Gasteiger partial charge on any atom is -0.491 e. The fourth-order valence-electron chi connectivity index (χ4n) is 3.80. The Labute approximate surface area is 192 Å². The zero-order valence-electron chi connectivity index (χ0n) is 18.3. The third-order valence-corrected chi connectivity index (χ3v) is 5.53. The predicted molar refractivity (Wildman–Crippen MR) is 124 cm³/mol. The Kier molecular flexibility index (Phi) is 7.07. The van der Waals surface area contributed by atoms with E-state index in [-0.39, 0.29) is 17.9 Å². The molecule has 2 heterocycles. The van der Waals surface area contributed by atoms with Gasteiger partial charge in [0.2, 0.25) is 17.6 Å². The number of halogens is 1. The summed E-state index contributed by atoms with van der Waals surface area (Å²) in [5.41, 5.74) is 1.60. The molecule has 0 aliphatic carbocycles. The summed E-state index contributed by atoms with van der Waals surface area (Å²) in [5, 5.41) is 7.77. The van der Waals surface area contributed by atoms with Crippen LogP contribution in [0, 0.1) is 5.92 Å². The lowest BCUT2D eigenvalue weighted by Gasteiger charge is -2.30. The molecule has 0 bridgehead atoms. The van der Waals surface area contributed by atoms with Gasteiger partial charge in [-0.3, -0.25) is 9.69 Å². The number of nitrogens with one attached hydrogen (secondary N) is 1. The Morgan fingerprint density at radius 3 is 2.88 bits per heavy atom. The Balaban J connectivity index is 1.34. The van der Waals surface area contributed by atoms with Gasteiger partial charge in [-0.05, 0) is 69.6 Å². The highest BCUT2D eigenvalue weighted by atomic mass is 35.5. The summed E-state index contributed by atoms with van der Waals surface area (Å²) in [6, 6.07) is 14.8. The zero-order valence-corrected chi connectivity index (χ0v) is 19.0. The van der Waals surface area contributed by atoms with E-state index in [2.05, 4.69) is 20.4 Å². The lowest BCUT2D eigenvalue weighted by atomic mass is 9.97. The average molecular weight is 455 g/mol. The number of carbonyl (C=O) groups is 1. The summed E-state index contributed by atoms with van der Waals surface area (Å²) >= 11 is 5.94. The van der Waals surface area contributed by atoms with E-state index in [0.29, 0.717) is 29.8 Å². The van der Waals surface area contributed by atoms with E-state index in [4.69, 9.17) is 20.9 Å². The Morgan fingerprint density at radius 2 is 2.09 bits per heavy atom. The molecule has 1 saturated heterocycles. The number of hydrogen-bond acceptors (Lipinski definition) is 6. The highest BCUT2D eigenvalue weighted by Gasteiger charge is 2.27. The van der Waals surface area contributed by atoms with E-state index in [0.717, 1.165) is 36.4 Å². The van der Waals surface area contributed by atoms with Crippen LogP contribution in [-0.2, 0) is 11.3 Å². The molecule has 4 rings (SSSR count). The number of aromatic nitrogens is 2. The quantitative estimate of drug-likeness (QED) is 0.539. The number of nitrogens with zero attached hydrogens (tertiary/aromatic N) is 3. The van der Waals surface area contributed by atoms with Gasteiger partial charge in [0.25, 0.3) is 0 Å². The smallest absolute Gasteiger partial charge is 0.241 e. The molecule has 0 radical (unpaired) electrons. The van der Waals surface area contributed by atoms with E-state index in [1.807, 2.05) is 50.2 Å². The maximum Gasteiger partial charge on any atom is 0.241 e. The molecular weight excluding hydrogens is 428 g/mol. The second-order valence-corrected chi connectivity index (χ2v) is 8.71. The number of ether oxygens (including phenoxy) is 1. The van der Waals surface area contributed by atoms with Crippen LogP contribution in [0.25, 0.3) is 11.4 Å². The molecule has 1 N–H and O–H groups in total. The van der Waals surface area contributed by atoms with Crippen molar-refractivity contribution in [2.24, 2.45) is 5.92 Å². The van der Waals surface area contributed by atoms with Gasteiger partial charge in [0.1, 0.15) is 5.75 Å². The van der Waals surface area contributed by atoms with Crippen LogP contribution < -0.4 is 10.1 Å². The molecule has 2 aromatic carbocycles. The van der Waals surface area contributed by atoms with Gasteiger partial charge in [-0.2, -0.15) is 4.98 Å². The number of piperidine rings is 1. The number of likely N-dealkylation sites (tertiary alicyclic amines) is 1. The lowest BCUT2D eigenvalue weighted by Crippen LogP contribution is -2.40. The minimum atomic E-state index is -0.0999. The van der Waals surface area contributed by atoms with Crippen LogP contribution in [0.3, 0.4) is 0 Å². The normalized spacial score (nSPS) is 16.8. The van der Waals surface area contributed by atoms with Crippen molar-refractivity contribution < 1.29 is 14.1 Å². The van der Waals surface area contributed by atoms with E-state index < -0.39 is 0 Å². The van der Waals surface area contributed by atoms with Crippen LogP contribution in [0.1, 0.15) is 32.6 Å². The van der Waals surface area contributed by atoms with Crippen LogP contribution in [-0.4, -0.2) is 40.1 Å². The molecule has 0 spiro atoms. The standard InChI is InChI=1S/C24H27ClN4O3/c1-16(2)31-21-7-3-6-20(13-21)26-24(30)18-5-4-12-29(14-18)15-22-27-23(28-32-22)17-8-10-19(25)11-9-17/h3,6-11,13,16,18H,4-5,12,14-15H2,1-2H3,(H,26,30). The first-order valence-corrected chi connectivity index (χ1v) is 11.2. The van der Waals surface area contributed by atoms with Crippen LogP contribution in [0.5, 0.6) is 5.75 Å². The SMILES string of the molecule is CC(C)Oc1cccc(NC(=O)C2CCCN(Cc3nc(-c4ccc(Cl)cc4)no3)C2)c1. The van der Waals surface area contributed by atoms with Gasteiger partial charge in [0.15, 0.2) is 0 Å². The van der Waals surface area contributed by atoms with Crippen molar-refractivity contribution in [1.29, 1.82) is 0 Å². The van der Waals surface area contributed by atoms with Gasteiger partial charge in [-0.1, -0.05) is 22.8 Å². The number of amides is 1. The Bertz CT molecular complexity index is 1050. The molecular formula is C24H27ClN4O3. The number of benzene rings is 2. The van der Waals surface area contributed by atoms with Crippen molar-refractivity contribution in [2.45, 2.75) is 39.3 Å². The summed E-state index contributed by atoms with van der Waals surface area (Å²) < 4.78 is 11.2. The topological polar surface area (TPSA) is 80.5 Å². The molecule has 1 aromatic heterocycles.